The molecular formula is C15H22O11S2. The summed E-state index contributed by atoms with van der Waals surface area (Å²) in [7, 11) is -8.93. The molecule has 2 rings (SSSR count). The third-order valence-electron chi connectivity index (χ3n) is 3.99. The second-order valence-electron chi connectivity index (χ2n) is 6.18. The molecule has 1 aliphatic heterocycles. The van der Waals surface area contributed by atoms with E-state index < -0.39 is 51.5 Å². The topological polar surface area (TPSA) is 155 Å². The van der Waals surface area contributed by atoms with Crippen molar-refractivity contribution in [2.24, 2.45) is 0 Å². The van der Waals surface area contributed by atoms with E-state index in [1.165, 1.54) is 6.92 Å². The highest BCUT2D eigenvalue weighted by atomic mass is 32.3. The summed E-state index contributed by atoms with van der Waals surface area (Å²) in [6.45, 7) is 3.41. The Morgan fingerprint density at radius 3 is 2.00 bits per heavy atom. The van der Waals surface area contributed by atoms with Crippen LogP contribution in [0.4, 0.5) is 0 Å². The van der Waals surface area contributed by atoms with Crippen molar-refractivity contribution in [2.45, 2.75) is 51.2 Å². The van der Waals surface area contributed by atoms with Gasteiger partial charge in [-0.2, -0.15) is 16.8 Å². The highest BCUT2D eigenvalue weighted by molar-refractivity contribution is 7.81. The third-order valence-corrected chi connectivity index (χ3v) is 4.92. The minimum absolute atomic E-state index is 0.000225. The lowest BCUT2D eigenvalue weighted by atomic mass is 9.99. The highest BCUT2D eigenvalue weighted by Crippen LogP contribution is 2.30. The van der Waals surface area contributed by atoms with Crippen LogP contribution in [-0.2, 0) is 50.0 Å². The van der Waals surface area contributed by atoms with Crippen LogP contribution in [0.3, 0.4) is 0 Å². The van der Waals surface area contributed by atoms with Crippen molar-refractivity contribution in [1.82, 2.24) is 0 Å². The lowest BCUT2D eigenvalue weighted by molar-refractivity contribution is -0.284. The summed E-state index contributed by atoms with van der Waals surface area (Å²) in [5.41, 5.74) is 1.76. The number of hydrogen-bond donors (Lipinski definition) is 2. The summed E-state index contributed by atoms with van der Waals surface area (Å²) in [5, 5.41) is 0. The molecule has 1 aliphatic rings. The van der Waals surface area contributed by atoms with E-state index >= 15 is 0 Å². The normalized spacial score (nSPS) is 29.0. The molecule has 0 unspecified atom stereocenters. The molecule has 1 heterocycles. The van der Waals surface area contributed by atoms with Crippen molar-refractivity contribution < 1.29 is 48.5 Å². The molecule has 0 saturated carbocycles. The van der Waals surface area contributed by atoms with E-state index in [2.05, 4.69) is 8.37 Å². The minimum atomic E-state index is -5.04. The zero-order valence-electron chi connectivity index (χ0n) is 15.3. The van der Waals surface area contributed by atoms with Gasteiger partial charge in [0, 0.05) is 7.11 Å². The lowest BCUT2D eigenvalue weighted by Gasteiger charge is -2.42. The van der Waals surface area contributed by atoms with Crippen LogP contribution in [0.5, 0.6) is 0 Å². The van der Waals surface area contributed by atoms with Gasteiger partial charge in [0.1, 0.15) is 12.2 Å². The van der Waals surface area contributed by atoms with E-state index in [0.29, 0.717) is 0 Å². The van der Waals surface area contributed by atoms with Crippen LogP contribution in [0.1, 0.15) is 18.1 Å². The summed E-state index contributed by atoms with van der Waals surface area (Å²) < 4.78 is 88.3. The van der Waals surface area contributed by atoms with Crippen molar-refractivity contribution in [3.05, 3.63) is 35.4 Å². The Labute approximate surface area is 163 Å². The Kier molecular flexibility index (Phi) is 7.52. The average Bonchev–Trinajstić information content (AvgIpc) is 2.56. The largest absolute Gasteiger partial charge is 0.397 e. The molecule has 0 amide bonds. The number of ether oxygens (including phenoxy) is 3. The maximum Gasteiger partial charge on any atom is 0.397 e. The summed E-state index contributed by atoms with van der Waals surface area (Å²) in [5.74, 6) is 0. The van der Waals surface area contributed by atoms with E-state index in [-0.39, 0.29) is 6.61 Å². The van der Waals surface area contributed by atoms with Crippen molar-refractivity contribution >= 4 is 20.8 Å². The number of methoxy groups -OCH3 is 1. The molecule has 0 spiro atoms. The first-order chi connectivity index (χ1) is 12.9. The van der Waals surface area contributed by atoms with Gasteiger partial charge in [-0.15, -0.1) is 0 Å². The molecule has 0 aliphatic carbocycles. The molecular weight excluding hydrogens is 420 g/mol. The van der Waals surface area contributed by atoms with E-state index in [0.717, 1.165) is 18.2 Å². The van der Waals surface area contributed by atoms with Crippen LogP contribution in [0.2, 0.25) is 0 Å². The van der Waals surface area contributed by atoms with E-state index in [1.807, 2.05) is 19.1 Å². The SMILES string of the molecule is CO[C@@H]1O[C@@H](C)[C@H](OCc2ccc(C)cc2)[C@@H](OS(=O)(=O)O)[C@H]1OS(=O)(=O)O. The van der Waals surface area contributed by atoms with E-state index in [9.17, 15) is 16.8 Å². The molecule has 0 bridgehead atoms. The smallest absolute Gasteiger partial charge is 0.368 e. The first-order valence-corrected chi connectivity index (χ1v) is 10.8. The van der Waals surface area contributed by atoms with Gasteiger partial charge in [-0.25, -0.2) is 8.37 Å². The fourth-order valence-corrected chi connectivity index (χ4v) is 3.74. The maximum atomic E-state index is 11.3. The van der Waals surface area contributed by atoms with Crippen molar-refractivity contribution in [3.63, 3.8) is 0 Å². The molecule has 0 aromatic heterocycles. The summed E-state index contributed by atoms with van der Waals surface area (Å²) in [6.07, 6.45) is -6.94. The van der Waals surface area contributed by atoms with Gasteiger partial charge in [0.05, 0.1) is 12.7 Å². The molecule has 11 nitrogen and oxygen atoms in total. The molecule has 160 valence electrons. The Morgan fingerprint density at radius 2 is 1.50 bits per heavy atom. The van der Waals surface area contributed by atoms with Crippen molar-refractivity contribution in [2.75, 3.05) is 7.11 Å². The first-order valence-electron chi connectivity index (χ1n) is 8.06. The van der Waals surface area contributed by atoms with Crippen LogP contribution in [0.25, 0.3) is 0 Å². The number of hydrogen-bond acceptors (Lipinski definition) is 9. The molecule has 0 radical (unpaired) electrons. The van der Waals surface area contributed by atoms with E-state index in [1.54, 1.807) is 12.1 Å². The monoisotopic (exact) mass is 442 g/mol. The third kappa shape index (κ3) is 6.72. The Hall–Kier alpha value is -1.16. The van der Waals surface area contributed by atoms with Gasteiger partial charge >= 0.3 is 20.8 Å². The predicted octanol–water partition coefficient (Wildman–Crippen LogP) is 0.647. The zero-order valence-corrected chi connectivity index (χ0v) is 16.9. The highest BCUT2D eigenvalue weighted by Gasteiger charge is 2.50. The predicted molar refractivity (Wildman–Crippen MR) is 93.9 cm³/mol. The molecule has 1 aromatic rings. The van der Waals surface area contributed by atoms with Crippen molar-refractivity contribution in [3.8, 4) is 0 Å². The van der Waals surface area contributed by atoms with Crippen LogP contribution in [0, 0.1) is 6.92 Å². The maximum absolute atomic E-state index is 11.3. The lowest BCUT2D eigenvalue weighted by Crippen LogP contribution is -2.60. The number of rotatable bonds is 8. The molecule has 5 atom stereocenters. The van der Waals surface area contributed by atoms with Crippen LogP contribution in [-0.4, -0.2) is 63.8 Å². The van der Waals surface area contributed by atoms with Gasteiger partial charge < -0.3 is 14.2 Å². The van der Waals surface area contributed by atoms with Gasteiger partial charge in [0.25, 0.3) is 0 Å². The Balaban J connectivity index is 2.31. The standard InChI is InChI=1S/C15H22O11S2/c1-9-4-6-11(7-5-9)8-23-12-10(2)24-15(22-3)14(26-28(19,20)21)13(12)25-27(16,17)18/h4-7,10,12-15H,8H2,1-3H3,(H,16,17,18)(H,19,20,21)/t10-,12-,13+,14+,15+/m0/s1. The second-order valence-corrected chi connectivity index (χ2v) is 8.28. The number of aryl methyl sites for hydroxylation is 1. The fraction of sp³-hybridized carbons (Fsp3) is 0.600. The van der Waals surface area contributed by atoms with Gasteiger partial charge in [0.2, 0.25) is 0 Å². The van der Waals surface area contributed by atoms with Crippen molar-refractivity contribution in [1.29, 1.82) is 0 Å². The zero-order chi connectivity index (χ0) is 21.1. The van der Waals surface area contributed by atoms with Gasteiger partial charge in [-0.1, -0.05) is 29.8 Å². The number of benzene rings is 1. The Bertz CT molecular complexity index is 850. The van der Waals surface area contributed by atoms with Gasteiger partial charge in [-0.3, -0.25) is 9.11 Å². The molecule has 1 fully saturated rings. The van der Waals surface area contributed by atoms with Crippen LogP contribution < -0.4 is 0 Å². The summed E-state index contributed by atoms with van der Waals surface area (Å²) in [4.78, 5) is 0. The molecule has 2 N–H and O–H groups in total. The fourth-order valence-electron chi connectivity index (χ4n) is 2.76. The quantitative estimate of drug-likeness (QED) is 0.545. The first kappa shape index (κ1) is 23.1. The average molecular weight is 442 g/mol. The molecule has 1 aromatic carbocycles. The summed E-state index contributed by atoms with van der Waals surface area (Å²) >= 11 is 0. The Morgan fingerprint density at radius 1 is 0.964 bits per heavy atom. The van der Waals surface area contributed by atoms with Crippen LogP contribution in [0.15, 0.2) is 24.3 Å². The van der Waals surface area contributed by atoms with Crippen LogP contribution >= 0.6 is 0 Å². The minimum Gasteiger partial charge on any atom is -0.368 e. The molecule has 13 heteroatoms. The van der Waals surface area contributed by atoms with Gasteiger partial charge in [-0.05, 0) is 19.4 Å². The van der Waals surface area contributed by atoms with E-state index in [4.69, 9.17) is 23.3 Å². The molecule has 1 saturated heterocycles. The molecule has 28 heavy (non-hydrogen) atoms. The summed E-state index contributed by atoms with van der Waals surface area (Å²) in [6, 6.07) is 7.26. The second kappa shape index (κ2) is 9.11. The van der Waals surface area contributed by atoms with Gasteiger partial charge in [0.15, 0.2) is 12.4 Å².